The summed E-state index contributed by atoms with van der Waals surface area (Å²) in [5.41, 5.74) is 0. The summed E-state index contributed by atoms with van der Waals surface area (Å²) in [7, 11) is -2.17. The Bertz CT molecular complexity index is 720. The van der Waals surface area contributed by atoms with Crippen LogP contribution in [0.25, 0.3) is 0 Å². The second-order valence-corrected chi connectivity index (χ2v) is 7.20. The van der Waals surface area contributed by atoms with Crippen molar-refractivity contribution in [2.24, 2.45) is 0 Å². The van der Waals surface area contributed by atoms with Gasteiger partial charge in [-0.3, -0.25) is 4.72 Å². The fourth-order valence-corrected chi connectivity index (χ4v) is 3.36. The van der Waals surface area contributed by atoms with Crippen LogP contribution in [0.4, 0.5) is 11.6 Å². The standard InChI is InChI=1S/C11H10Br2N4O2S/c1-14-11-9(4-8(13)6-16-11)20(18,19)17-10-3-2-7(12)5-15-10/h2-6H,1H3,(H,14,16)(H,15,17). The number of aromatic nitrogens is 2. The van der Waals surface area contributed by atoms with Gasteiger partial charge in [0.1, 0.15) is 16.5 Å². The number of pyridine rings is 2. The summed E-state index contributed by atoms with van der Waals surface area (Å²) in [6, 6.07) is 4.73. The second kappa shape index (κ2) is 6.06. The number of halogens is 2. The monoisotopic (exact) mass is 420 g/mol. The van der Waals surface area contributed by atoms with Gasteiger partial charge >= 0.3 is 0 Å². The van der Waals surface area contributed by atoms with E-state index in [1.54, 1.807) is 19.2 Å². The Morgan fingerprint density at radius 2 is 1.80 bits per heavy atom. The Labute approximate surface area is 133 Å². The van der Waals surface area contributed by atoms with E-state index in [0.717, 1.165) is 4.47 Å². The molecule has 0 unspecified atom stereocenters. The average molecular weight is 422 g/mol. The Kier molecular flexibility index (Phi) is 4.61. The third-order valence-corrected chi connectivity index (χ3v) is 4.58. The molecule has 0 aliphatic rings. The molecule has 0 aromatic carbocycles. The maximum atomic E-state index is 12.4. The minimum Gasteiger partial charge on any atom is -0.372 e. The predicted octanol–water partition coefficient (Wildman–Crippen LogP) is 2.84. The van der Waals surface area contributed by atoms with Crippen molar-refractivity contribution in [1.82, 2.24) is 9.97 Å². The van der Waals surface area contributed by atoms with Gasteiger partial charge in [0.25, 0.3) is 10.0 Å². The van der Waals surface area contributed by atoms with Gasteiger partial charge in [-0.2, -0.15) is 0 Å². The molecule has 0 aliphatic heterocycles. The van der Waals surface area contributed by atoms with Gasteiger partial charge in [-0.25, -0.2) is 18.4 Å². The molecule has 2 aromatic rings. The molecule has 2 N–H and O–H groups in total. The van der Waals surface area contributed by atoms with Gasteiger partial charge in [0.15, 0.2) is 0 Å². The van der Waals surface area contributed by atoms with E-state index in [1.807, 2.05) is 0 Å². The van der Waals surface area contributed by atoms with E-state index in [4.69, 9.17) is 0 Å². The highest BCUT2D eigenvalue weighted by Gasteiger charge is 2.20. The number of anilines is 2. The molecule has 0 bridgehead atoms. The maximum absolute atomic E-state index is 12.4. The van der Waals surface area contributed by atoms with Crippen molar-refractivity contribution in [3.8, 4) is 0 Å². The van der Waals surface area contributed by atoms with E-state index in [9.17, 15) is 8.42 Å². The normalized spacial score (nSPS) is 11.2. The zero-order valence-corrected chi connectivity index (χ0v) is 14.3. The Morgan fingerprint density at radius 1 is 1.10 bits per heavy atom. The summed E-state index contributed by atoms with van der Waals surface area (Å²) in [5, 5.41) is 2.74. The molecule has 106 valence electrons. The van der Waals surface area contributed by atoms with Crippen LogP contribution in [0.2, 0.25) is 0 Å². The van der Waals surface area contributed by atoms with Crippen molar-refractivity contribution in [2.45, 2.75) is 4.90 Å². The molecule has 0 radical (unpaired) electrons. The van der Waals surface area contributed by atoms with Crippen molar-refractivity contribution in [2.75, 3.05) is 17.1 Å². The number of rotatable bonds is 4. The highest BCUT2D eigenvalue weighted by Crippen LogP contribution is 2.24. The molecule has 0 fully saturated rings. The lowest BCUT2D eigenvalue weighted by molar-refractivity contribution is 0.601. The Hall–Kier alpha value is -1.19. The van der Waals surface area contributed by atoms with E-state index in [1.165, 1.54) is 18.5 Å². The summed E-state index contributed by atoms with van der Waals surface area (Å²) in [6.45, 7) is 0. The van der Waals surface area contributed by atoms with E-state index in [0.29, 0.717) is 4.47 Å². The van der Waals surface area contributed by atoms with E-state index < -0.39 is 10.0 Å². The molecule has 9 heteroatoms. The SMILES string of the molecule is CNc1ncc(Br)cc1S(=O)(=O)Nc1ccc(Br)cn1. The van der Waals surface area contributed by atoms with Crippen molar-refractivity contribution < 1.29 is 8.42 Å². The van der Waals surface area contributed by atoms with E-state index in [-0.39, 0.29) is 16.5 Å². The molecular formula is C11H10Br2N4O2S. The lowest BCUT2D eigenvalue weighted by Gasteiger charge is -2.11. The van der Waals surface area contributed by atoms with Crippen LogP contribution in [0.15, 0.2) is 44.4 Å². The summed E-state index contributed by atoms with van der Waals surface area (Å²) in [4.78, 5) is 8.03. The minimum atomic E-state index is -3.77. The molecule has 0 spiro atoms. The summed E-state index contributed by atoms with van der Waals surface area (Å²) in [5.74, 6) is 0.494. The third kappa shape index (κ3) is 3.47. The van der Waals surface area contributed by atoms with Crippen LogP contribution in [-0.4, -0.2) is 25.4 Å². The third-order valence-electron chi connectivity index (χ3n) is 2.31. The zero-order valence-electron chi connectivity index (χ0n) is 10.3. The summed E-state index contributed by atoms with van der Waals surface area (Å²) < 4.78 is 28.4. The molecule has 0 amide bonds. The minimum absolute atomic E-state index is 0.0408. The Balaban J connectivity index is 2.40. The van der Waals surface area contributed by atoms with Gasteiger partial charge in [0.05, 0.1) is 0 Å². The molecule has 0 saturated heterocycles. The molecule has 0 aliphatic carbocycles. The molecule has 20 heavy (non-hydrogen) atoms. The number of nitrogens with zero attached hydrogens (tertiary/aromatic N) is 2. The van der Waals surface area contributed by atoms with Crippen LogP contribution in [0, 0.1) is 0 Å². The number of sulfonamides is 1. The van der Waals surface area contributed by atoms with Crippen LogP contribution < -0.4 is 10.0 Å². The maximum Gasteiger partial charge on any atom is 0.266 e. The van der Waals surface area contributed by atoms with Gasteiger partial charge in [0.2, 0.25) is 0 Å². The second-order valence-electron chi connectivity index (χ2n) is 3.72. The van der Waals surface area contributed by atoms with Crippen LogP contribution in [-0.2, 0) is 10.0 Å². The zero-order chi connectivity index (χ0) is 14.8. The molecule has 0 atom stereocenters. The summed E-state index contributed by atoms with van der Waals surface area (Å²) >= 11 is 6.45. The van der Waals surface area contributed by atoms with Gasteiger partial charge in [-0.1, -0.05) is 0 Å². The lowest BCUT2D eigenvalue weighted by Crippen LogP contribution is -2.16. The van der Waals surface area contributed by atoms with Crippen LogP contribution >= 0.6 is 31.9 Å². The van der Waals surface area contributed by atoms with E-state index >= 15 is 0 Å². The van der Waals surface area contributed by atoms with Crippen LogP contribution in [0.5, 0.6) is 0 Å². The van der Waals surface area contributed by atoms with Crippen molar-refractivity contribution >= 4 is 53.5 Å². The van der Waals surface area contributed by atoms with Crippen molar-refractivity contribution in [1.29, 1.82) is 0 Å². The molecule has 6 nitrogen and oxygen atoms in total. The number of hydrogen-bond donors (Lipinski definition) is 2. The topological polar surface area (TPSA) is 84.0 Å². The van der Waals surface area contributed by atoms with Gasteiger partial charge in [0, 0.05) is 28.4 Å². The highest BCUT2D eigenvalue weighted by atomic mass is 79.9. The molecular weight excluding hydrogens is 412 g/mol. The smallest absolute Gasteiger partial charge is 0.266 e. The van der Waals surface area contributed by atoms with Gasteiger partial charge < -0.3 is 5.32 Å². The first kappa shape index (κ1) is 15.2. The molecule has 2 rings (SSSR count). The Morgan fingerprint density at radius 3 is 2.40 bits per heavy atom. The lowest BCUT2D eigenvalue weighted by atomic mass is 10.4. The first-order chi connectivity index (χ1) is 9.42. The molecule has 2 heterocycles. The fourth-order valence-electron chi connectivity index (χ4n) is 1.44. The first-order valence-corrected chi connectivity index (χ1v) is 8.47. The molecule has 0 saturated carbocycles. The van der Waals surface area contributed by atoms with Crippen LogP contribution in [0.1, 0.15) is 0 Å². The van der Waals surface area contributed by atoms with E-state index in [2.05, 4.69) is 51.9 Å². The quantitative estimate of drug-likeness (QED) is 0.792. The van der Waals surface area contributed by atoms with Gasteiger partial charge in [-0.15, -0.1) is 0 Å². The summed E-state index contributed by atoms with van der Waals surface area (Å²) in [6.07, 6.45) is 3.03. The molecule has 2 aromatic heterocycles. The number of nitrogens with one attached hydrogen (secondary N) is 2. The largest absolute Gasteiger partial charge is 0.372 e. The number of hydrogen-bond acceptors (Lipinski definition) is 5. The van der Waals surface area contributed by atoms with Crippen molar-refractivity contribution in [3.05, 3.63) is 39.5 Å². The van der Waals surface area contributed by atoms with Crippen molar-refractivity contribution in [3.63, 3.8) is 0 Å². The fraction of sp³-hybridized carbons (Fsp3) is 0.0909. The first-order valence-electron chi connectivity index (χ1n) is 5.40. The highest BCUT2D eigenvalue weighted by molar-refractivity contribution is 9.10. The average Bonchev–Trinajstić information content (AvgIpc) is 2.41. The van der Waals surface area contributed by atoms with Crippen LogP contribution in [0.3, 0.4) is 0 Å². The predicted molar refractivity (Wildman–Crippen MR) is 84.2 cm³/mol. The van der Waals surface area contributed by atoms with Gasteiger partial charge in [-0.05, 0) is 50.1 Å².